The van der Waals surface area contributed by atoms with Crippen LogP contribution in [-0.4, -0.2) is 19.5 Å². The van der Waals surface area contributed by atoms with Crippen LogP contribution in [0.2, 0.25) is 0 Å². The number of benzene rings is 1. The molecule has 5 heteroatoms. The Kier molecular flexibility index (Phi) is 8.68. The van der Waals surface area contributed by atoms with Crippen molar-refractivity contribution in [3.63, 3.8) is 0 Å². The molecule has 1 rings (SSSR count). The lowest BCUT2D eigenvalue weighted by Gasteiger charge is -2.12. The molecule has 0 heterocycles. The van der Waals surface area contributed by atoms with Crippen molar-refractivity contribution in [2.24, 2.45) is 5.73 Å². The van der Waals surface area contributed by atoms with E-state index >= 15 is 0 Å². The SMILES string of the molecule is CC(CCCCCCCCCN)c1ccc(S(=O)(=O)O)cc1. The second kappa shape index (κ2) is 9.98. The smallest absolute Gasteiger partial charge is 0.294 e. The number of unbranched alkanes of at least 4 members (excludes halogenated alkanes) is 6. The minimum absolute atomic E-state index is 0.0408. The summed E-state index contributed by atoms with van der Waals surface area (Å²) in [6.07, 6.45) is 9.77. The van der Waals surface area contributed by atoms with Gasteiger partial charge in [0.1, 0.15) is 0 Å². The summed E-state index contributed by atoms with van der Waals surface area (Å²) in [5, 5.41) is 0. The molecule has 1 atom stereocenters. The molecule has 0 aliphatic heterocycles. The molecule has 0 fully saturated rings. The molecule has 0 radical (unpaired) electrons. The Hall–Kier alpha value is -0.910. The second-order valence-corrected chi connectivity index (χ2v) is 7.42. The number of hydrogen-bond donors (Lipinski definition) is 2. The first-order valence-electron chi connectivity index (χ1n) is 8.22. The van der Waals surface area contributed by atoms with E-state index in [9.17, 15) is 8.42 Å². The van der Waals surface area contributed by atoms with Gasteiger partial charge in [0, 0.05) is 0 Å². The maximum atomic E-state index is 11.0. The summed E-state index contributed by atoms with van der Waals surface area (Å²) in [7, 11) is -4.09. The zero-order valence-electron chi connectivity index (χ0n) is 13.5. The fourth-order valence-electron chi connectivity index (χ4n) is 2.61. The Morgan fingerprint density at radius 3 is 1.95 bits per heavy atom. The van der Waals surface area contributed by atoms with Crippen molar-refractivity contribution in [2.45, 2.75) is 69.1 Å². The van der Waals surface area contributed by atoms with Crippen LogP contribution in [0.15, 0.2) is 29.2 Å². The van der Waals surface area contributed by atoms with E-state index in [-0.39, 0.29) is 4.90 Å². The van der Waals surface area contributed by atoms with Gasteiger partial charge in [-0.2, -0.15) is 8.42 Å². The minimum atomic E-state index is -4.09. The molecule has 4 nitrogen and oxygen atoms in total. The van der Waals surface area contributed by atoms with Gasteiger partial charge >= 0.3 is 0 Å². The zero-order valence-corrected chi connectivity index (χ0v) is 14.3. The number of hydrogen-bond acceptors (Lipinski definition) is 3. The van der Waals surface area contributed by atoms with Gasteiger partial charge in [-0.25, -0.2) is 0 Å². The molecule has 3 N–H and O–H groups in total. The van der Waals surface area contributed by atoms with E-state index in [1.165, 1.54) is 50.7 Å². The average molecular weight is 327 g/mol. The average Bonchev–Trinajstić information content (AvgIpc) is 2.49. The number of nitrogens with two attached hydrogens (primary N) is 1. The summed E-state index contributed by atoms with van der Waals surface area (Å²) in [5.41, 5.74) is 6.59. The normalized spacial score (nSPS) is 13.2. The van der Waals surface area contributed by atoms with Crippen LogP contribution in [-0.2, 0) is 10.1 Å². The van der Waals surface area contributed by atoms with E-state index in [0.717, 1.165) is 24.9 Å². The highest BCUT2D eigenvalue weighted by atomic mass is 32.2. The molecule has 1 unspecified atom stereocenters. The summed E-state index contributed by atoms with van der Waals surface area (Å²) in [6.45, 7) is 2.96. The summed E-state index contributed by atoms with van der Waals surface area (Å²) < 4.78 is 31.0. The van der Waals surface area contributed by atoms with Gasteiger partial charge in [-0.05, 0) is 43.0 Å². The van der Waals surface area contributed by atoms with Crippen molar-refractivity contribution in [3.8, 4) is 0 Å². The van der Waals surface area contributed by atoms with Crippen LogP contribution in [0, 0.1) is 0 Å². The van der Waals surface area contributed by atoms with Crippen LogP contribution < -0.4 is 5.73 Å². The van der Waals surface area contributed by atoms with Crippen LogP contribution >= 0.6 is 0 Å². The summed E-state index contributed by atoms with van der Waals surface area (Å²) in [6, 6.07) is 6.53. The minimum Gasteiger partial charge on any atom is -0.330 e. The van der Waals surface area contributed by atoms with Gasteiger partial charge in [0.15, 0.2) is 0 Å². The van der Waals surface area contributed by atoms with Gasteiger partial charge in [0.25, 0.3) is 10.1 Å². The van der Waals surface area contributed by atoms with Gasteiger partial charge < -0.3 is 5.73 Å². The Labute approximate surface area is 134 Å². The summed E-state index contributed by atoms with van der Waals surface area (Å²) in [4.78, 5) is -0.0408. The van der Waals surface area contributed by atoms with Crippen molar-refractivity contribution in [3.05, 3.63) is 29.8 Å². The van der Waals surface area contributed by atoms with Gasteiger partial charge in [-0.15, -0.1) is 0 Å². The highest BCUT2D eigenvalue weighted by Gasteiger charge is 2.10. The molecule has 0 saturated heterocycles. The highest BCUT2D eigenvalue weighted by Crippen LogP contribution is 2.23. The zero-order chi connectivity index (χ0) is 16.4. The molecule has 22 heavy (non-hydrogen) atoms. The third-order valence-corrected chi connectivity index (χ3v) is 4.96. The molecule has 0 aliphatic rings. The number of rotatable bonds is 11. The topological polar surface area (TPSA) is 80.4 Å². The first-order valence-corrected chi connectivity index (χ1v) is 9.66. The standard InChI is InChI=1S/C17H29NO3S/c1-15(9-7-5-3-2-4-6-8-14-18)16-10-12-17(13-11-16)22(19,20)21/h10-13,15H,2-9,14,18H2,1H3,(H,19,20,21). The lowest BCUT2D eigenvalue weighted by atomic mass is 9.95. The Bertz CT molecular complexity index is 511. The Balaban J connectivity index is 2.24. The van der Waals surface area contributed by atoms with Gasteiger partial charge in [0.05, 0.1) is 4.90 Å². The Morgan fingerprint density at radius 2 is 1.45 bits per heavy atom. The fraction of sp³-hybridized carbons (Fsp3) is 0.647. The third-order valence-electron chi connectivity index (χ3n) is 4.09. The third kappa shape index (κ3) is 7.38. The lowest BCUT2D eigenvalue weighted by molar-refractivity contribution is 0.483. The first kappa shape index (κ1) is 19.1. The molecule has 0 aliphatic carbocycles. The van der Waals surface area contributed by atoms with Crippen LogP contribution in [0.1, 0.15) is 69.8 Å². The fourth-order valence-corrected chi connectivity index (χ4v) is 3.09. The summed E-state index contributed by atoms with van der Waals surface area (Å²) in [5.74, 6) is 0.410. The predicted octanol–water partition coefficient (Wildman–Crippen LogP) is 4.12. The molecular weight excluding hydrogens is 298 g/mol. The van der Waals surface area contributed by atoms with E-state index in [0.29, 0.717) is 5.92 Å². The van der Waals surface area contributed by atoms with Gasteiger partial charge in [-0.1, -0.05) is 57.6 Å². The van der Waals surface area contributed by atoms with Crippen LogP contribution in [0.5, 0.6) is 0 Å². The van der Waals surface area contributed by atoms with E-state index < -0.39 is 10.1 Å². The maximum absolute atomic E-state index is 11.0. The lowest BCUT2D eigenvalue weighted by Crippen LogP contribution is -1.99. The quantitative estimate of drug-likeness (QED) is 0.473. The van der Waals surface area contributed by atoms with Crippen molar-refractivity contribution in [1.29, 1.82) is 0 Å². The molecule has 1 aromatic carbocycles. The van der Waals surface area contributed by atoms with Crippen LogP contribution in [0.4, 0.5) is 0 Å². The van der Waals surface area contributed by atoms with Crippen molar-refractivity contribution < 1.29 is 13.0 Å². The van der Waals surface area contributed by atoms with E-state index in [1.54, 1.807) is 12.1 Å². The summed E-state index contributed by atoms with van der Waals surface area (Å²) >= 11 is 0. The van der Waals surface area contributed by atoms with E-state index in [1.807, 2.05) is 0 Å². The van der Waals surface area contributed by atoms with E-state index in [4.69, 9.17) is 10.3 Å². The molecule has 1 aromatic rings. The molecule has 0 bridgehead atoms. The van der Waals surface area contributed by atoms with E-state index in [2.05, 4.69) is 6.92 Å². The van der Waals surface area contributed by atoms with Crippen molar-refractivity contribution in [1.82, 2.24) is 0 Å². The highest BCUT2D eigenvalue weighted by molar-refractivity contribution is 7.85. The van der Waals surface area contributed by atoms with Crippen molar-refractivity contribution in [2.75, 3.05) is 6.54 Å². The molecule has 126 valence electrons. The largest absolute Gasteiger partial charge is 0.330 e. The molecule has 0 saturated carbocycles. The van der Waals surface area contributed by atoms with Crippen molar-refractivity contribution >= 4 is 10.1 Å². The van der Waals surface area contributed by atoms with Crippen LogP contribution in [0.3, 0.4) is 0 Å². The Morgan fingerprint density at radius 1 is 0.955 bits per heavy atom. The van der Waals surface area contributed by atoms with Gasteiger partial charge in [-0.3, -0.25) is 4.55 Å². The van der Waals surface area contributed by atoms with Gasteiger partial charge in [0.2, 0.25) is 0 Å². The second-order valence-electron chi connectivity index (χ2n) is 6.00. The molecular formula is C17H29NO3S. The maximum Gasteiger partial charge on any atom is 0.294 e. The molecule has 0 aromatic heterocycles. The monoisotopic (exact) mass is 327 g/mol. The first-order chi connectivity index (χ1) is 10.4. The predicted molar refractivity (Wildman–Crippen MR) is 90.7 cm³/mol. The molecule has 0 amide bonds. The van der Waals surface area contributed by atoms with Crippen LogP contribution in [0.25, 0.3) is 0 Å². The molecule has 0 spiro atoms.